The van der Waals surface area contributed by atoms with Gasteiger partial charge in [-0.15, -0.1) is 0 Å². The number of carbonyl (C=O) groups is 1. The summed E-state index contributed by atoms with van der Waals surface area (Å²) in [6.07, 6.45) is 0.835. The summed E-state index contributed by atoms with van der Waals surface area (Å²) in [5.41, 5.74) is 0.785. The van der Waals surface area contributed by atoms with Crippen LogP contribution in [0.25, 0.3) is 0 Å². The third-order valence-corrected chi connectivity index (χ3v) is 1.93. The first-order valence-corrected chi connectivity index (χ1v) is 4.01. The van der Waals surface area contributed by atoms with Crippen LogP contribution in [0, 0.1) is 0 Å². The lowest BCUT2D eigenvalue weighted by molar-refractivity contribution is -0.108. The lowest BCUT2D eigenvalue weighted by Crippen LogP contribution is -1.94. The van der Waals surface area contributed by atoms with Crippen molar-refractivity contribution in [2.75, 3.05) is 7.11 Å². The normalized spacial score (nSPS) is 12.2. The monoisotopic (exact) mass is 180 g/mol. The third kappa shape index (κ3) is 1.99. The van der Waals surface area contributed by atoms with E-state index in [9.17, 15) is 9.90 Å². The Balaban J connectivity index is 3.02. The lowest BCUT2D eigenvalue weighted by atomic mass is 10.0. The first-order chi connectivity index (χ1) is 6.19. The van der Waals surface area contributed by atoms with E-state index in [-0.39, 0.29) is 11.7 Å². The second-order valence-corrected chi connectivity index (χ2v) is 2.86. The highest BCUT2D eigenvalue weighted by Gasteiger charge is 2.07. The average molecular weight is 180 g/mol. The summed E-state index contributed by atoms with van der Waals surface area (Å²) in [6.45, 7) is 1.77. The average Bonchev–Trinajstić information content (AvgIpc) is 2.16. The van der Waals surface area contributed by atoms with E-state index in [0.717, 1.165) is 11.8 Å². The number of methoxy groups -OCH3 is 1. The second-order valence-electron chi connectivity index (χ2n) is 2.86. The molecule has 0 amide bonds. The molecular weight excluding hydrogens is 168 g/mol. The van der Waals surface area contributed by atoms with Crippen molar-refractivity contribution in [2.45, 2.75) is 12.8 Å². The van der Waals surface area contributed by atoms with Crippen molar-refractivity contribution < 1.29 is 14.6 Å². The minimum Gasteiger partial charge on any atom is -0.504 e. The molecule has 0 aliphatic rings. The number of benzene rings is 1. The second kappa shape index (κ2) is 3.94. The van der Waals surface area contributed by atoms with Crippen molar-refractivity contribution in [3.05, 3.63) is 23.8 Å². The summed E-state index contributed by atoms with van der Waals surface area (Å²) in [7, 11) is 1.48. The van der Waals surface area contributed by atoms with Crippen LogP contribution in [0.15, 0.2) is 18.2 Å². The van der Waals surface area contributed by atoms with Crippen LogP contribution in [-0.2, 0) is 4.79 Å². The Bertz CT molecular complexity index is 307. The van der Waals surface area contributed by atoms with Crippen molar-refractivity contribution in [2.24, 2.45) is 0 Å². The van der Waals surface area contributed by atoms with Gasteiger partial charge in [0.1, 0.15) is 6.29 Å². The van der Waals surface area contributed by atoms with Gasteiger partial charge in [-0.3, -0.25) is 0 Å². The van der Waals surface area contributed by atoms with Crippen molar-refractivity contribution in [1.29, 1.82) is 0 Å². The lowest BCUT2D eigenvalue weighted by Gasteiger charge is -2.07. The van der Waals surface area contributed by atoms with Crippen molar-refractivity contribution in [3.63, 3.8) is 0 Å². The molecule has 1 rings (SSSR count). The Morgan fingerprint density at radius 3 is 2.69 bits per heavy atom. The zero-order valence-electron chi connectivity index (χ0n) is 7.65. The molecular formula is C10H12O3. The van der Waals surface area contributed by atoms with Crippen molar-refractivity contribution in [1.82, 2.24) is 0 Å². The molecule has 1 aromatic rings. The molecule has 0 heterocycles. The molecule has 13 heavy (non-hydrogen) atoms. The Kier molecular flexibility index (Phi) is 2.90. The molecule has 0 spiro atoms. The van der Waals surface area contributed by atoms with E-state index >= 15 is 0 Å². The van der Waals surface area contributed by atoms with Gasteiger partial charge in [0.25, 0.3) is 0 Å². The van der Waals surface area contributed by atoms with Gasteiger partial charge in [0.15, 0.2) is 11.5 Å². The number of hydrogen-bond donors (Lipinski definition) is 1. The predicted octanol–water partition coefficient (Wildman–Crippen LogP) is 1.70. The highest BCUT2D eigenvalue weighted by molar-refractivity contribution is 5.62. The summed E-state index contributed by atoms with van der Waals surface area (Å²) >= 11 is 0. The zero-order valence-corrected chi connectivity index (χ0v) is 7.65. The summed E-state index contributed by atoms with van der Waals surface area (Å²) in [5, 5.41) is 9.39. The molecule has 0 aromatic heterocycles. The molecule has 0 fully saturated rings. The third-order valence-electron chi connectivity index (χ3n) is 1.93. The number of ether oxygens (including phenoxy) is 1. The molecule has 0 aliphatic carbocycles. The van der Waals surface area contributed by atoms with Gasteiger partial charge < -0.3 is 14.6 Å². The van der Waals surface area contributed by atoms with Crippen LogP contribution in [-0.4, -0.2) is 18.5 Å². The number of hydrogen-bond acceptors (Lipinski definition) is 3. The predicted molar refractivity (Wildman–Crippen MR) is 49.1 cm³/mol. The van der Waals surface area contributed by atoms with E-state index in [2.05, 4.69) is 0 Å². The molecule has 1 N–H and O–H groups in total. The smallest absolute Gasteiger partial charge is 0.160 e. The molecule has 1 atom stereocenters. The maximum atomic E-state index is 10.5. The summed E-state index contributed by atoms with van der Waals surface area (Å²) in [4.78, 5) is 10.5. The molecule has 0 saturated carbocycles. The van der Waals surface area contributed by atoms with Crippen LogP contribution in [0.1, 0.15) is 18.4 Å². The minimum atomic E-state index is -0.197. The van der Waals surface area contributed by atoms with Gasteiger partial charge in [-0.05, 0) is 17.7 Å². The summed E-state index contributed by atoms with van der Waals surface area (Å²) in [5.74, 6) is 0.285. The number of aldehydes is 1. The van der Waals surface area contributed by atoms with E-state index in [0.29, 0.717) is 5.75 Å². The number of phenolic OH excluding ortho intramolecular Hbond substituents is 1. The molecule has 3 heteroatoms. The van der Waals surface area contributed by atoms with Gasteiger partial charge >= 0.3 is 0 Å². The minimum absolute atomic E-state index is 0.0636. The van der Waals surface area contributed by atoms with Crippen LogP contribution >= 0.6 is 0 Å². The standard InChI is InChI=1S/C10H12O3/c1-7(6-11)8-3-4-10(13-2)9(12)5-8/h3-7,12H,1-2H3. The maximum absolute atomic E-state index is 10.5. The first kappa shape index (κ1) is 9.58. The largest absolute Gasteiger partial charge is 0.504 e. The van der Waals surface area contributed by atoms with Crippen molar-refractivity contribution in [3.8, 4) is 11.5 Å². The van der Waals surface area contributed by atoms with Gasteiger partial charge in [0.2, 0.25) is 0 Å². The Morgan fingerprint density at radius 1 is 1.54 bits per heavy atom. The van der Waals surface area contributed by atoms with Gasteiger partial charge in [0, 0.05) is 5.92 Å². The fourth-order valence-electron chi connectivity index (χ4n) is 1.07. The van der Waals surface area contributed by atoms with Crippen LogP contribution in [0.5, 0.6) is 11.5 Å². The molecule has 1 aromatic carbocycles. The molecule has 70 valence electrons. The molecule has 1 unspecified atom stereocenters. The van der Waals surface area contributed by atoms with Crippen LogP contribution in [0.2, 0.25) is 0 Å². The maximum Gasteiger partial charge on any atom is 0.160 e. The fourth-order valence-corrected chi connectivity index (χ4v) is 1.07. The van der Waals surface area contributed by atoms with Gasteiger partial charge in [-0.2, -0.15) is 0 Å². The van der Waals surface area contributed by atoms with E-state index < -0.39 is 0 Å². The number of carbonyl (C=O) groups excluding carboxylic acids is 1. The molecule has 0 radical (unpaired) electrons. The zero-order chi connectivity index (χ0) is 9.84. The fraction of sp³-hybridized carbons (Fsp3) is 0.300. The van der Waals surface area contributed by atoms with Crippen LogP contribution < -0.4 is 4.74 Å². The summed E-state index contributed by atoms with van der Waals surface area (Å²) in [6, 6.07) is 4.94. The number of rotatable bonds is 3. The molecule has 3 nitrogen and oxygen atoms in total. The quantitative estimate of drug-likeness (QED) is 0.720. The van der Waals surface area contributed by atoms with E-state index in [1.807, 2.05) is 0 Å². The number of phenols is 1. The van der Waals surface area contributed by atoms with E-state index in [1.165, 1.54) is 13.2 Å². The first-order valence-electron chi connectivity index (χ1n) is 4.01. The SMILES string of the molecule is COc1ccc(C(C)C=O)cc1O. The van der Waals surface area contributed by atoms with Crippen LogP contribution in [0.3, 0.4) is 0 Å². The molecule has 0 aliphatic heterocycles. The molecule has 0 saturated heterocycles. The Hall–Kier alpha value is -1.51. The van der Waals surface area contributed by atoms with Gasteiger partial charge in [0.05, 0.1) is 7.11 Å². The van der Waals surface area contributed by atoms with E-state index in [1.54, 1.807) is 19.1 Å². The van der Waals surface area contributed by atoms with Gasteiger partial charge in [-0.1, -0.05) is 13.0 Å². The highest BCUT2D eigenvalue weighted by Crippen LogP contribution is 2.28. The Morgan fingerprint density at radius 2 is 2.23 bits per heavy atom. The van der Waals surface area contributed by atoms with Gasteiger partial charge in [-0.25, -0.2) is 0 Å². The van der Waals surface area contributed by atoms with Crippen molar-refractivity contribution >= 4 is 6.29 Å². The topological polar surface area (TPSA) is 46.5 Å². The molecule has 0 bridgehead atoms. The Labute approximate surface area is 77.0 Å². The highest BCUT2D eigenvalue weighted by atomic mass is 16.5. The summed E-state index contributed by atoms with van der Waals surface area (Å²) < 4.78 is 4.88. The number of aromatic hydroxyl groups is 1. The van der Waals surface area contributed by atoms with Crippen LogP contribution in [0.4, 0.5) is 0 Å². The van der Waals surface area contributed by atoms with E-state index in [4.69, 9.17) is 4.74 Å².